The van der Waals surface area contributed by atoms with Crippen molar-refractivity contribution < 1.29 is 73.6 Å². The Morgan fingerprint density at radius 2 is 0.788 bits per heavy atom. The molecule has 0 saturated heterocycles. The van der Waals surface area contributed by atoms with E-state index in [0.717, 1.165) is 64.2 Å². The third-order valence-electron chi connectivity index (χ3n) is 24.6. The van der Waals surface area contributed by atoms with E-state index in [9.17, 15) is 59.4 Å². The zero-order valence-corrected chi connectivity index (χ0v) is 71.9. The molecule has 628 valence electrons. The van der Waals surface area contributed by atoms with Gasteiger partial charge < -0.3 is 62.1 Å². The number of aromatic hydroxyl groups is 6. The number of aromatic nitrogens is 2. The highest BCUT2D eigenvalue weighted by atomic mass is 35.5. The smallest absolute Gasteiger partial charge is 0.414 e. The van der Waals surface area contributed by atoms with E-state index in [1.165, 1.54) is 65.7 Å². The number of Topliss-reactive ketones (excluding diaryl/α,β-unsaturated/α-hetero) is 3. The molecule has 4 aromatic rings. The van der Waals surface area contributed by atoms with Crippen LogP contribution in [0.25, 0.3) is 5.82 Å². The molecule has 1 heterocycles. The van der Waals surface area contributed by atoms with Crippen LogP contribution in [0.2, 0.25) is 0 Å². The van der Waals surface area contributed by atoms with Crippen LogP contribution in [0.3, 0.4) is 0 Å². The predicted octanol–water partition coefficient (Wildman–Crippen LogP) is 17.3. The number of carbonyl (C=O) groups excluding carboxylic acids is 6. The molecule has 113 heavy (non-hydrogen) atoms. The molecule has 15 atom stereocenters. The maximum absolute atomic E-state index is 14.2. The highest BCUT2D eigenvalue weighted by molar-refractivity contribution is 6.40. The Balaban J connectivity index is 0.000000245. The summed E-state index contributed by atoms with van der Waals surface area (Å²) < 4.78 is 17.3. The molecule has 27 heteroatoms. The van der Waals surface area contributed by atoms with E-state index in [4.69, 9.17) is 59.6 Å². The molecule has 0 unspecified atom stereocenters. The number of nitrogens with zero attached hydrogens (tertiary/aromatic N) is 4. The number of hydrogen-bond donors (Lipinski definition) is 12. The summed E-state index contributed by atoms with van der Waals surface area (Å²) in [5.41, 5.74) is 16.3. The number of fused-ring (bicyclic) bond motifs is 3. The number of guanidine groups is 2. The Bertz CT molecular complexity index is 3990. The van der Waals surface area contributed by atoms with E-state index < -0.39 is 47.0 Å². The van der Waals surface area contributed by atoms with Gasteiger partial charge in [0.05, 0.1) is 17.4 Å². The number of ether oxygens (including phenoxy) is 3. The molecule has 0 bridgehead atoms. The summed E-state index contributed by atoms with van der Waals surface area (Å²) in [6.07, 6.45) is 12.9. The Hall–Kier alpha value is -8.29. The molecule has 15 N–H and O–H groups in total. The van der Waals surface area contributed by atoms with E-state index in [1.807, 2.05) is 13.8 Å². The van der Waals surface area contributed by atoms with Gasteiger partial charge in [0.1, 0.15) is 57.1 Å². The lowest BCUT2D eigenvalue weighted by atomic mass is 9.45. The van der Waals surface area contributed by atoms with Crippen molar-refractivity contribution in [2.75, 3.05) is 5.34 Å². The molecular formula is C86H130Cl2N10O15. The van der Waals surface area contributed by atoms with Crippen molar-refractivity contribution in [1.29, 1.82) is 0 Å². The van der Waals surface area contributed by atoms with Gasteiger partial charge in [0.2, 0.25) is 5.96 Å². The van der Waals surface area contributed by atoms with Crippen molar-refractivity contribution in [3.05, 3.63) is 96.3 Å². The molecular weight excluding hydrogens is 1480 g/mol. The number of rotatable bonds is 10. The highest BCUT2D eigenvalue weighted by Crippen LogP contribution is 2.65. The lowest BCUT2D eigenvalue weighted by molar-refractivity contribution is -0.0867. The maximum atomic E-state index is 14.2. The summed E-state index contributed by atoms with van der Waals surface area (Å²) in [6.45, 7) is 45.8. The van der Waals surface area contributed by atoms with Gasteiger partial charge in [-0.15, -0.1) is 23.2 Å². The Labute approximate surface area is 678 Å². The second-order valence-electron chi connectivity index (χ2n) is 37.9. The average Bonchev–Trinajstić information content (AvgIpc) is 0.793. The molecule has 0 aliphatic heterocycles. The van der Waals surface area contributed by atoms with Crippen molar-refractivity contribution in [2.24, 2.45) is 113 Å². The minimum Gasteiger partial charge on any atom is -0.508 e. The molecule has 1 aromatic heterocycles. The van der Waals surface area contributed by atoms with Crippen molar-refractivity contribution in [3.63, 3.8) is 0 Å². The van der Waals surface area contributed by atoms with Gasteiger partial charge in [0.25, 0.3) is 0 Å². The van der Waals surface area contributed by atoms with Crippen LogP contribution in [-0.2, 0) is 14.2 Å². The minimum atomic E-state index is -0.786. The quantitative estimate of drug-likeness (QED) is 0.0231. The van der Waals surface area contributed by atoms with Gasteiger partial charge in [-0.05, 0) is 231 Å². The first kappa shape index (κ1) is 93.6. The van der Waals surface area contributed by atoms with E-state index in [-0.39, 0.29) is 155 Å². The Morgan fingerprint density at radius 1 is 0.496 bits per heavy atom. The fourth-order valence-electron chi connectivity index (χ4n) is 20.1. The number of phenols is 6. The monoisotopic (exact) mass is 1610 g/mol. The summed E-state index contributed by atoms with van der Waals surface area (Å²) in [4.78, 5) is 87.5. The van der Waals surface area contributed by atoms with Gasteiger partial charge in [-0.3, -0.25) is 30.3 Å². The summed E-state index contributed by atoms with van der Waals surface area (Å²) in [6, 6.07) is 13.4. The standard InChI is InChI=1S/C32H49N3O7.C22H33N3O3.C21H31NO3.C10H15N3O2.CH2Cl2/c1-18-22(33-26(34-27(39)41-29(2,3)4)35-28(40)42-30(5,6)7)17-23-31(8,9)12-11-13-32(23,10)24(18)25(38)19-14-20(36)16-21(37)15-19;1-12-16(25-20(23)24)11-17-21(2,3)6-5-7-22(17,4)18(12)19(28)13-8-14(26)10-15(27)9-13;1-12-16(22)11-17-20(2,3)6-5-7-21(17,4)18(12)19(25)13-8-14(23)10-15(24)9-13;1-8(13-7-5-6-11-13)12-9(14)15-10(2,3)4;2-1-3/h14-16,18,22-24,36-37H,11-13,17H2,1-10H3,(H2,33,34,35,39,40);8-10,12,16-18,26-27H,5-7,11H2,1-4H3,(H4,23,24,25);8-10,12,16-18,23-24H,5-7,11,22H2,1-4H3;5-7H,1H2,2-4H3,(H,12,14);1H2/t18-,22-,23+,24-,32+;12-,16-,17+,18-,22+;12-,16+,17+,18-,21+;;/m111../s1. The third-order valence-corrected chi connectivity index (χ3v) is 24.6. The second-order valence-corrected chi connectivity index (χ2v) is 38.7. The number of hydrogen-bond acceptors (Lipinski definition) is 19. The summed E-state index contributed by atoms with van der Waals surface area (Å²) in [7, 11) is 0. The fraction of sp³-hybridized carbons (Fsp3) is 0.640. The molecule has 6 aliphatic carbocycles. The molecule has 6 fully saturated rings. The van der Waals surface area contributed by atoms with Gasteiger partial charge >= 0.3 is 18.3 Å². The van der Waals surface area contributed by atoms with E-state index >= 15 is 0 Å². The topological polar surface area (TPSA) is 408 Å². The maximum Gasteiger partial charge on any atom is 0.414 e. The van der Waals surface area contributed by atoms with Gasteiger partial charge in [-0.1, -0.05) is 109 Å². The number of nitrogens with one attached hydrogen (secondary N) is 3. The van der Waals surface area contributed by atoms with Crippen LogP contribution in [-0.4, -0.2) is 128 Å². The van der Waals surface area contributed by atoms with Crippen LogP contribution in [0.15, 0.2) is 89.6 Å². The number of carbonyl (C=O) groups is 6. The number of alkyl carbamates (subject to hydrolysis) is 3. The summed E-state index contributed by atoms with van der Waals surface area (Å²) in [5, 5.41) is 71.4. The molecule has 10 rings (SSSR count). The normalized spacial score (nSPS) is 28.5. The largest absolute Gasteiger partial charge is 0.508 e. The van der Waals surface area contributed by atoms with Crippen molar-refractivity contribution in [2.45, 2.75) is 257 Å². The molecule has 3 aromatic carbocycles. The predicted molar refractivity (Wildman–Crippen MR) is 443 cm³/mol. The van der Waals surface area contributed by atoms with Gasteiger partial charge in [0, 0.05) is 71.1 Å². The zero-order valence-electron chi connectivity index (χ0n) is 70.4. The van der Waals surface area contributed by atoms with Crippen molar-refractivity contribution in [3.8, 4) is 34.5 Å². The number of nitrogens with two attached hydrogens (primary N) is 3. The number of aliphatic imine (C=N–C) groups is 2. The second kappa shape index (κ2) is 36.7. The van der Waals surface area contributed by atoms with Crippen LogP contribution in [0.4, 0.5) is 14.4 Å². The third kappa shape index (κ3) is 23.9. The molecule has 0 radical (unpaired) electrons. The van der Waals surface area contributed by atoms with Crippen LogP contribution in [0, 0.1) is 85.8 Å². The Kier molecular flexibility index (Phi) is 30.4. The van der Waals surface area contributed by atoms with Crippen molar-refractivity contribution in [1.82, 2.24) is 25.7 Å². The number of alkyl halides is 2. The number of benzene rings is 3. The van der Waals surface area contributed by atoms with Crippen LogP contribution < -0.4 is 33.2 Å². The highest BCUT2D eigenvalue weighted by Gasteiger charge is 2.62. The van der Waals surface area contributed by atoms with Gasteiger partial charge in [-0.2, -0.15) is 5.10 Å². The zero-order chi connectivity index (χ0) is 85.4. The SMILES string of the molecule is C=C(NC(=O)OC(C)(C)C)n1cccn1.C[C@@H]1[C@@H](N)C[C@H]2C(C)(C)CCC[C@]2(C)[C@H]1C(=O)c1cc(O)cc(O)c1.C[C@@H]1[C@H](N=C(N)N)C[C@H]2C(C)(C)CCC[C@]2(C)[C@H]1C(=O)c1cc(O)cc(O)c1.C[C@@H]1[C@H](N=C(NC(=O)OC(C)(C)C)NC(=O)OC(C)(C)C)C[C@H]2C(C)(C)CCC[C@]2(C)[C@H]1C(=O)c1cc(O)cc(O)c1.ClCCl. The molecule has 0 spiro atoms. The number of phenolic OH excluding ortho intramolecular Hbond substituents is 6. The van der Waals surface area contributed by atoms with E-state index in [0.29, 0.717) is 35.2 Å². The molecule has 3 amide bonds. The fourth-order valence-corrected chi connectivity index (χ4v) is 20.1. The summed E-state index contributed by atoms with van der Waals surface area (Å²) >= 11 is 9.53. The summed E-state index contributed by atoms with van der Waals surface area (Å²) in [5.74, 6) is -1.19. The van der Waals surface area contributed by atoms with E-state index in [2.05, 4.69) is 102 Å². The number of ketones is 3. The first-order valence-electron chi connectivity index (χ1n) is 39.4. The van der Waals surface area contributed by atoms with Crippen LogP contribution in [0.1, 0.15) is 254 Å². The van der Waals surface area contributed by atoms with Gasteiger partial charge in [-0.25, -0.2) is 29.1 Å². The molecule has 25 nitrogen and oxygen atoms in total. The lowest BCUT2D eigenvalue weighted by Gasteiger charge is -2.60. The lowest BCUT2D eigenvalue weighted by Crippen LogP contribution is -2.59. The Morgan fingerprint density at radius 3 is 1.08 bits per heavy atom. The van der Waals surface area contributed by atoms with Gasteiger partial charge in [0.15, 0.2) is 23.3 Å². The molecule has 6 aliphatic rings. The number of amides is 3. The average molecular weight is 1610 g/mol. The van der Waals surface area contributed by atoms with E-state index in [1.54, 1.807) is 80.8 Å². The molecule has 6 saturated carbocycles. The van der Waals surface area contributed by atoms with Crippen molar-refractivity contribution >= 4 is 76.6 Å². The first-order chi connectivity index (χ1) is 51.9. The van der Waals surface area contributed by atoms with Crippen LogP contribution >= 0.6 is 23.2 Å². The minimum absolute atomic E-state index is 0.000880. The first-order valence-corrected chi connectivity index (χ1v) is 40.4. The number of halogens is 2. The van der Waals surface area contributed by atoms with Crippen LogP contribution in [0.5, 0.6) is 34.5 Å².